The minimum Gasteiger partial charge on any atom is -0.378 e. The van der Waals surface area contributed by atoms with Crippen molar-refractivity contribution in [2.24, 2.45) is 0 Å². The molecule has 31 heavy (non-hydrogen) atoms. The predicted molar refractivity (Wildman–Crippen MR) is 121 cm³/mol. The number of aryl methyl sites for hydroxylation is 2. The summed E-state index contributed by atoms with van der Waals surface area (Å²) in [7, 11) is 0. The second-order valence-electron chi connectivity index (χ2n) is 7.30. The Morgan fingerprint density at radius 1 is 1.16 bits per heavy atom. The van der Waals surface area contributed by atoms with Crippen LogP contribution in [-0.4, -0.2) is 42.1 Å². The Morgan fingerprint density at radius 3 is 2.55 bits per heavy atom. The van der Waals surface area contributed by atoms with Gasteiger partial charge in [0.05, 0.1) is 23.8 Å². The van der Waals surface area contributed by atoms with E-state index in [1.54, 1.807) is 12.1 Å². The van der Waals surface area contributed by atoms with Crippen molar-refractivity contribution in [1.29, 1.82) is 0 Å². The van der Waals surface area contributed by atoms with E-state index >= 15 is 0 Å². The summed E-state index contributed by atoms with van der Waals surface area (Å²) in [5.74, 6) is -0.430. The molecule has 1 aliphatic rings. The van der Waals surface area contributed by atoms with Gasteiger partial charge < -0.3 is 9.64 Å². The van der Waals surface area contributed by atoms with Crippen LogP contribution < -0.4 is 10.2 Å². The van der Waals surface area contributed by atoms with Crippen molar-refractivity contribution in [2.45, 2.75) is 13.8 Å². The first-order valence-electron chi connectivity index (χ1n) is 9.89. The van der Waals surface area contributed by atoms with E-state index in [0.29, 0.717) is 37.1 Å². The van der Waals surface area contributed by atoms with Gasteiger partial charge in [-0.3, -0.25) is 20.2 Å². The van der Waals surface area contributed by atoms with Gasteiger partial charge in [0.2, 0.25) is 0 Å². The first-order valence-corrected chi connectivity index (χ1v) is 10.7. The van der Waals surface area contributed by atoms with Crippen LogP contribution in [-0.2, 0) is 4.74 Å². The molecule has 0 atom stereocenters. The number of hydrogen-bond donors (Lipinski definition) is 1. The molecule has 8 nitrogen and oxygen atoms in total. The normalized spacial score (nSPS) is 13.8. The quantitative estimate of drug-likeness (QED) is 0.468. The van der Waals surface area contributed by atoms with Crippen molar-refractivity contribution in [1.82, 2.24) is 4.98 Å². The molecule has 2 heterocycles. The molecule has 9 heteroatoms. The van der Waals surface area contributed by atoms with Crippen LogP contribution >= 0.6 is 11.3 Å². The van der Waals surface area contributed by atoms with E-state index in [2.05, 4.69) is 10.3 Å². The third-order valence-corrected chi connectivity index (χ3v) is 6.01. The van der Waals surface area contributed by atoms with Gasteiger partial charge in [0.25, 0.3) is 11.6 Å². The average Bonchev–Trinajstić information content (AvgIpc) is 3.14. The molecule has 1 saturated heterocycles. The minimum absolute atomic E-state index is 0.0924. The van der Waals surface area contributed by atoms with E-state index in [0.717, 1.165) is 21.7 Å². The van der Waals surface area contributed by atoms with Gasteiger partial charge >= 0.3 is 0 Å². The fraction of sp³-hybridized carbons (Fsp3) is 0.273. The number of anilines is 2. The Labute approximate surface area is 183 Å². The third-order valence-electron chi connectivity index (χ3n) is 5.13. The van der Waals surface area contributed by atoms with E-state index in [4.69, 9.17) is 4.74 Å². The number of nitro groups is 1. The smallest absolute Gasteiger partial charge is 0.293 e. The number of aromatic nitrogens is 1. The van der Waals surface area contributed by atoms with Gasteiger partial charge in [-0.25, -0.2) is 4.98 Å². The van der Waals surface area contributed by atoms with Gasteiger partial charge in [0.15, 0.2) is 5.13 Å². The summed E-state index contributed by atoms with van der Waals surface area (Å²) in [5, 5.41) is 14.9. The van der Waals surface area contributed by atoms with Crippen LogP contribution in [0.15, 0.2) is 42.5 Å². The maximum absolute atomic E-state index is 12.8. The van der Waals surface area contributed by atoms with Crippen molar-refractivity contribution in [3.8, 4) is 11.3 Å². The Bertz CT molecular complexity index is 1120. The number of carbonyl (C=O) groups excluding carboxylic acids is 1. The molecule has 1 amide bonds. The van der Waals surface area contributed by atoms with Crippen molar-refractivity contribution < 1.29 is 14.5 Å². The lowest BCUT2D eigenvalue weighted by Crippen LogP contribution is -2.36. The van der Waals surface area contributed by atoms with Gasteiger partial charge in [-0.05, 0) is 26.0 Å². The molecule has 0 spiro atoms. The van der Waals surface area contributed by atoms with Gasteiger partial charge in [-0.2, -0.15) is 0 Å². The molecule has 3 aromatic rings. The molecule has 0 bridgehead atoms. The first-order chi connectivity index (χ1) is 14.9. The number of thiazole rings is 1. The number of carbonyl (C=O) groups is 1. The first kappa shape index (κ1) is 21.0. The summed E-state index contributed by atoms with van der Waals surface area (Å²) in [6.45, 7) is 6.16. The van der Waals surface area contributed by atoms with Crippen molar-refractivity contribution in [3.63, 3.8) is 0 Å². The van der Waals surface area contributed by atoms with Crippen LogP contribution in [0.2, 0.25) is 0 Å². The Balaban J connectivity index is 1.56. The number of amides is 1. The van der Waals surface area contributed by atoms with Crippen molar-refractivity contribution in [2.75, 3.05) is 36.5 Å². The van der Waals surface area contributed by atoms with Crippen molar-refractivity contribution >= 4 is 33.8 Å². The van der Waals surface area contributed by atoms with Crippen molar-refractivity contribution in [3.05, 3.63) is 68.6 Å². The highest BCUT2D eigenvalue weighted by atomic mass is 32.1. The largest absolute Gasteiger partial charge is 0.378 e. The molecule has 1 aromatic heterocycles. The zero-order valence-electron chi connectivity index (χ0n) is 17.3. The fourth-order valence-corrected chi connectivity index (χ4v) is 4.31. The fourth-order valence-electron chi connectivity index (χ4n) is 3.48. The lowest BCUT2D eigenvalue weighted by molar-refractivity contribution is -0.384. The minimum atomic E-state index is -0.454. The van der Waals surface area contributed by atoms with Crippen LogP contribution in [0.5, 0.6) is 0 Å². The molecule has 4 rings (SSSR count). The number of hydrogen-bond acceptors (Lipinski definition) is 7. The van der Waals surface area contributed by atoms with Gasteiger partial charge in [-0.15, -0.1) is 11.3 Å². The molecule has 0 radical (unpaired) electrons. The number of nitrogens with one attached hydrogen (secondary N) is 1. The Hall–Kier alpha value is -3.30. The standard InChI is InChI=1S/C22H22N4O4S/c1-14-3-5-16(6-4-14)20-15(2)31-22(23-20)24-21(27)17-7-8-18(19(13-17)26(28)29)25-9-11-30-12-10-25/h3-8,13H,9-12H2,1-2H3,(H,23,24,27). The lowest BCUT2D eigenvalue weighted by Gasteiger charge is -2.28. The summed E-state index contributed by atoms with van der Waals surface area (Å²) in [6, 6.07) is 12.6. The van der Waals surface area contributed by atoms with Gasteiger partial charge in [0, 0.05) is 35.2 Å². The molecule has 160 valence electrons. The number of benzene rings is 2. The second-order valence-corrected chi connectivity index (χ2v) is 8.51. The highest BCUT2D eigenvalue weighted by molar-refractivity contribution is 7.16. The number of morpholine rings is 1. The second kappa shape index (κ2) is 8.83. The van der Waals surface area contributed by atoms with Crippen LogP contribution in [0.3, 0.4) is 0 Å². The molecule has 1 fully saturated rings. The molecule has 1 aliphatic heterocycles. The van der Waals surface area contributed by atoms with E-state index in [9.17, 15) is 14.9 Å². The average molecular weight is 439 g/mol. The maximum Gasteiger partial charge on any atom is 0.293 e. The summed E-state index contributed by atoms with van der Waals surface area (Å²) in [4.78, 5) is 31.4. The molecule has 1 N–H and O–H groups in total. The highest BCUT2D eigenvalue weighted by Gasteiger charge is 2.24. The molecule has 0 saturated carbocycles. The number of nitro benzene ring substituents is 1. The maximum atomic E-state index is 12.8. The summed E-state index contributed by atoms with van der Waals surface area (Å²) in [5.41, 5.74) is 3.57. The molecular formula is C22H22N4O4S. The van der Waals surface area contributed by atoms with Gasteiger partial charge in [-0.1, -0.05) is 29.8 Å². The molecule has 0 aliphatic carbocycles. The Morgan fingerprint density at radius 2 is 1.87 bits per heavy atom. The van der Waals surface area contributed by atoms with Crippen LogP contribution in [0.4, 0.5) is 16.5 Å². The van der Waals surface area contributed by atoms with Crippen LogP contribution in [0.25, 0.3) is 11.3 Å². The Kier molecular flexibility index (Phi) is 5.97. The van der Waals surface area contributed by atoms with E-state index < -0.39 is 10.8 Å². The SMILES string of the molecule is Cc1ccc(-c2nc(NC(=O)c3ccc(N4CCOCC4)c([N+](=O)[O-])c3)sc2C)cc1. The predicted octanol–water partition coefficient (Wildman–Crippen LogP) is 4.42. The molecule has 0 unspecified atom stereocenters. The zero-order chi connectivity index (χ0) is 22.0. The topological polar surface area (TPSA) is 97.6 Å². The lowest BCUT2D eigenvalue weighted by atomic mass is 10.1. The van der Waals surface area contributed by atoms with Crippen LogP contribution in [0.1, 0.15) is 20.8 Å². The van der Waals surface area contributed by atoms with Gasteiger partial charge in [0.1, 0.15) is 5.69 Å². The monoisotopic (exact) mass is 438 g/mol. The molecule has 2 aromatic carbocycles. The summed E-state index contributed by atoms with van der Waals surface area (Å²) < 4.78 is 5.32. The number of rotatable bonds is 5. The third kappa shape index (κ3) is 4.57. The number of ether oxygens (including phenoxy) is 1. The zero-order valence-corrected chi connectivity index (χ0v) is 18.1. The van der Waals surface area contributed by atoms with Crippen LogP contribution in [0, 0.1) is 24.0 Å². The summed E-state index contributed by atoms with van der Waals surface area (Å²) >= 11 is 1.37. The number of nitrogens with zero attached hydrogens (tertiary/aromatic N) is 3. The summed E-state index contributed by atoms with van der Waals surface area (Å²) in [6.07, 6.45) is 0. The molecular weight excluding hydrogens is 416 g/mol. The van der Waals surface area contributed by atoms with E-state index in [1.165, 1.54) is 17.4 Å². The van der Waals surface area contributed by atoms with E-state index in [1.807, 2.05) is 43.0 Å². The van der Waals surface area contributed by atoms with E-state index in [-0.39, 0.29) is 11.3 Å². The highest BCUT2D eigenvalue weighted by Crippen LogP contribution is 2.32.